The van der Waals surface area contributed by atoms with Gasteiger partial charge in [-0.1, -0.05) is 169 Å². The summed E-state index contributed by atoms with van der Waals surface area (Å²) in [5, 5.41) is 4.84. The van der Waals surface area contributed by atoms with E-state index in [0.717, 1.165) is 33.5 Å². The van der Waals surface area contributed by atoms with Crippen LogP contribution in [0.25, 0.3) is 72.2 Å². The average Bonchev–Trinajstić information content (AvgIpc) is 3.74. The van der Waals surface area contributed by atoms with E-state index in [2.05, 4.69) is 193 Å². The zero-order chi connectivity index (χ0) is 36.1. The van der Waals surface area contributed by atoms with Crippen molar-refractivity contribution in [3.8, 4) is 39.6 Å². The lowest BCUT2D eigenvalue weighted by Gasteiger charge is -2.39. The lowest BCUT2D eigenvalue weighted by Crippen LogP contribution is -2.32. The maximum Gasteiger partial charge on any atom is 0.235 e. The Balaban J connectivity index is 1.25. The van der Waals surface area contributed by atoms with E-state index in [4.69, 9.17) is 9.97 Å². The van der Waals surface area contributed by atoms with Crippen LogP contribution in [-0.2, 0) is 5.41 Å². The van der Waals surface area contributed by atoms with Gasteiger partial charge in [0.25, 0.3) is 0 Å². The summed E-state index contributed by atoms with van der Waals surface area (Å²) in [5.74, 6) is 0.653. The van der Waals surface area contributed by atoms with E-state index in [-0.39, 0.29) is 0 Å². The molecule has 0 bridgehead atoms. The second kappa shape index (κ2) is 11.6. The third-order valence-electron chi connectivity index (χ3n) is 11.7. The summed E-state index contributed by atoms with van der Waals surface area (Å²) in [4.78, 5) is 13.4. The molecule has 10 aromatic rings. The Kier molecular flexibility index (Phi) is 6.48. The molecule has 0 amide bonds. The standard InChI is InChI=1S/C51H31N3S/c1-3-16-33(17-4-1)43-31-44(34-18-5-2-6-19-34)53-50(52-43)54-45-28-27-32-15-7-8-20-35(32)49(45)38-29-48-42(30-46(38)54)51(41-25-13-14-26-47(41)55-48)39-23-11-9-21-36(39)37-22-10-12-24-40(37)51/h1-31H. The lowest BCUT2D eigenvalue weighted by molar-refractivity contribution is 0.723. The van der Waals surface area contributed by atoms with E-state index in [1.165, 1.54) is 64.7 Å². The van der Waals surface area contributed by atoms with E-state index in [1.807, 2.05) is 11.8 Å². The summed E-state index contributed by atoms with van der Waals surface area (Å²) in [6.45, 7) is 0. The van der Waals surface area contributed by atoms with Crippen LogP contribution in [0.3, 0.4) is 0 Å². The quantitative estimate of drug-likeness (QED) is 0.182. The first-order chi connectivity index (χ1) is 27.3. The van der Waals surface area contributed by atoms with E-state index < -0.39 is 5.41 Å². The molecular formula is C51H31N3S. The monoisotopic (exact) mass is 717 g/mol. The molecule has 1 spiro atoms. The molecular weight excluding hydrogens is 687 g/mol. The van der Waals surface area contributed by atoms with Crippen molar-refractivity contribution in [2.75, 3.05) is 0 Å². The molecule has 0 radical (unpaired) electrons. The molecule has 1 aliphatic heterocycles. The highest BCUT2D eigenvalue weighted by Gasteiger charge is 2.50. The molecule has 55 heavy (non-hydrogen) atoms. The number of nitrogens with zero attached hydrogens (tertiary/aromatic N) is 3. The molecule has 4 heteroatoms. The smallest absolute Gasteiger partial charge is 0.235 e. The Morgan fingerprint density at radius 1 is 0.418 bits per heavy atom. The fraction of sp³-hybridized carbons (Fsp3) is 0.0196. The number of hydrogen-bond donors (Lipinski definition) is 0. The summed E-state index contributed by atoms with van der Waals surface area (Å²) in [6, 6.07) is 68.2. The van der Waals surface area contributed by atoms with Gasteiger partial charge in [-0.2, -0.15) is 0 Å². The molecule has 0 unspecified atom stereocenters. The van der Waals surface area contributed by atoms with Crippen LogP contribution in [0.1, 0.15) is 22.3 Å². The minimum absolute atomic E-state index is 0.496. The first-order valence-electron chi connectivity index (χ1n) is 18.7. The van der Waals surface area contributed by atoms with Crippen LogP contribution < -0.4 is 0 Å². The molecule has 3 heterocycles. The van der Waals surface area contributed by atoms with E-state index in [0.29, 0.717) is 5.95 Å². The molecule has 3 nitrogen and oxygen atoms in total. The second-order valence-corrected chi connectivity index (χ2v) is 15.6. The molecule has 256 valence electrons. The van der Waals surface area contributed by atoms with Gasteiger partial charge in [0, 0.05) is 31.7 Å². The van der Waals surface area contributed by atoms with Crippen molar-refractivity contribution >= 4 is 44.3 Å². The normalized spacial score (nSPS) is 13.5. The number of hydrogen-bond acceptors (Lipinski definition) is 3. The molecule has 1 aliphatic carbocycles. The topological polar surface area (TPSA) is 30.7 Å². The summed E-state index contributed by atoms with van der Waals surface area (Å²) < 4.78 is 2.32. The third kappa shape index (κ3) is 4.29. The predicted molar refractivity (Wildman–Crippen MR) is 226 cm³/mol. The molecule has 0 saturated carbocycles. The molecule has 2 aliphatic rings. The largest absolute Gasteiger partial charge is 0.278 e. The SMILES string of the molecule is c1ccc(-c2cc(-c3ccccc3)nc(-n3c4cc5c(cc4c4c6ccccc6ccc43)Sc3ccccc3C53c4ccccc4-c4ccccc43)n2)cc1. The summed E-state index contributed by atoms with van der Waals surface area (Å²) in [5.41, 5.74) is 13.4. The van der Waals surface area contributed by atoms with Gasteiger partial charge < -0.3 is 0 Å². The average molecular weight is 718 g/mol. The summed E-state index contributed by atoms with van der Waals surface area (Å²) in [7, 11) is 0. The number of rotatable bonds is 3. The van der Waals surface area contributed by atoms with Gasteiger partial charge in [-0.25, -0.2) is 9.97 Å². The van der Waals surface area contributed by atoms with Gasteiger partial charge in [-0.3, -0.25) is 4.57 Å². The van der Waals surface area contributed by atoms with Crippen molar-refractivity contribution in [2.45, 2.75) is 15.2 Å². The molecule has 0 saturated heterocycles. The van der Waals surface area contributed by atoms with Crippen molar-refractivity contribution in [1.29, 1.82) is 0 Å². The fourth-order valence-corrected chi connectivity index (χ4v) is 10.6. The van der Waals surface area contributed by atoms with E-state index in [9.17, 15) is 0 Å². The minimum Gasteiger partial charge on any atom is -0.278 e. The number of benzene rings is 8. The van der Waals surface area contributed by atoms with Crippen molar-refractivity contribution in [2.24, 2.45) is 0 Å². The maximum absolute atomic E-state index is 5.41. The minimum atomic E-state index is -0.496. The highest BCUT2D eigenvalue weighted by molar-refractivity contribution is 7.99. The van der Waals surface area contributed by atoms with Crippen LogP contribution in [0.15, 0.2) is 198 Å². The van der Waals surface area contributed by atoms with Gasteiger partial charge >= 0.3 is 0 Å². The van der Waals surface area contributed by atoms with Gasteiger partial charge in [-0.15, -0.1) is 0 Å². The Morgan fingerprint density at radius 2 is 1.00 bits per heavy atom. The predicted octanol–water partition coefficient (Wildman–Crippen LogP) is 12.9. The molecule has 12 rings (SSSR count). The Labute approximate surface area is 322 Å². The highest BCUT2D eigenvalue weighted by atomic mass is 32.2. The number of aromatic nitrogens is 3. The van der Waals surface area contributed by atoms with Gasteiger partial charge in [-0.05, 0) is 74.5 Å². The first kappa shape index (κ1) is 30.7. The maximum atomic E-state index is 5.41. The fourth-order valence-electron chi connectivity index (χ4n) is 9.40. The lowest BCUT2D eigenvalue weighted by atomic mass is 9.67. The Hall–Kier alpha value is -6.75. The van der Waals surface area contributed by atoms with Crippen molar-refractivity contribution < 1.29 is 0 Å². The van der Waals surface area contributed by atoms with Crippen molar-refractivity contribution in [3.63, 3.8) is 0 Å². The van der Waals surface area contributed by atoms with Crippen LogP contribution in [0, 0.1) is 0 Å². The van der Waals surface area contributed by atoms with Gasteiger partial charge in [0.1, 0.15) is 0 Å². The van der Waals surface area contributed by atoms with Crippen LogP contribution in [0.5, 0.6) is 0 Å². The van der Waals surface area contributed by atoms with E-state index in [1.54, 1.807) is 0 Å². The first-order valence-corrected chi connectivity index (χ1v) is 19.6. The van der Waals surface area contributed by atoms with E-state index >= 15 is 0 Å². The van der Waals surface area contributed by atoms with Crippen molar-refractivity contribution in [3.05, 3.63) is 210 Å². The molecule has 0 fully saturated rings. The van der Waals surface area contributed by atoms with Crippen LogP contribution in [0.2, 0.25) is 0 Å². The summed E-state index contributed by atoms with van der Waals surface area (Å²) in [6.07, 6.45) is 0. The molecule has 0 atom stereocenters. The molecule has 8 aromatic carbocycles. The van der Waals surface area contributed by atoms with Gasteiger partial charge in [0.15, 0.2) is 0 Å². The Bertz CT molecular complexity index is 3080. The molecule has 2 aromatic heterocycles. The van der Waals surface area contributed by atoms with Crippen LogP contribution >= 0.6 is 11.8 Å². The summed E-state index contributed by atoms with van der Waals surface area (Å²) >= 11 is 1.89. The molecule has 0 N–H and O–H groups in total. The Morgan fingerprint density at radius 3 is 1.69 bits per heavy atom. The number of fused-ring (bicyclic) bond motifs is 14. The zero-order valence-electron chi connectivity index (χ0n) is 29.6. The highest BCUT2D eigenvalue weighted by Crippen LogP contribution is 2.62. The third-order valence-corrected chi connectivity index (χ3v) is 12.8. The van der Waals surface area contributed by atoms with Gasteiger partial charge in [0.2, 0.25) is 5.95 Å². The van der Waals surface area contributed by atoms with Crippen LogP contribution in [-0.4, -0.2) is 14.5 Å². The van der Waals surface area contributed by atoms with Crippen molar-refractivity contribution in [1.82, 2.24) is 14.5 Å². The second-order valence-electron chi connectivity index (χ2n) is 14.5. The van der Waals surface area contributed by atoms with Gasteiger partial charge in [0.05, 0.1) is 27.8 Å². The van der Waals surface area contributed by atoms with Crippen LogP contribution in [0.4, 0.5) is 0 Å². The zero-order valence-corrected chi connectivity index (χ0v) is 30.5.